The van der Waals surface area contributed by atoms with Crippen molar-refractivity contribution in [3.8, 4) is 5.75 Å². The summed E-state index contributed by atoms with van der Waals surface area (Å²) in [4.78, 5) is 27.6. The van der Waals surface area contributed by atoms with Gasteiger partial charge in [-0.15, -0.1) is 0 Å². The number of halogens is 1. The molecule has 0 aliphatic carbocycles. The number of nitrogens with zero attached hydrogens (tertiary/aromatic N) is 1. The fraction of sp³-hybridized carbons (Fsp3) is 0.440. The first-order valence-corrected chi connectivity index (χ1v) is 11.6. The molecule has 2 aliphatic heterocycles. The molecule has 2 heterocycles. The number of piperidine rings is 1. The maximum absolute atomic E-state index is 15.3. The van der Waals surface area contributed by atoms with Crippen LogP contribution in [0, 0.1) is 5.82 Å². The van der Waals surface area contributed by atoms with Crippen LogP contribution in [0.3, 0.4) is 0 Å². The monoisotopic (exact) mass is 454 g/mol. The molecule has 2 aromatic rings. The van der Waals surface area contributed by atoms with Gasteiger partial charge in [0.2, 0.25) is 0 Å². The Morgan fingerprint density at radius 3 is 2.45 bits per heavy atom. The van der Waals surface area contributed by atoms with E-state index in [1.807, 2.05) is 4.90 Å². The molecule has 0 unspecified atom stereocenters. The van der Waals surface area contributed by atoms with Crippen LogP contribution in [0.25, 0.3) is 0 Å². The van der Waals surface area contributed by atoms with E-state index in [4.69, 9.17) is 5.73 Å². The quantitative estimate of drug-likeness (QED) is 0.518. The predicted octanol–water partition coefficient (Wildman–Crippen LogP) is 2.56. The van der Waals surface area contributed by atoms with Crippen molar-refractivity contribution in [3.05, 3.63) is 58.9 Å². The Balaban J connectivity index is 1.51. The third-order valence-electron chi connectivity index (χ3n) is 6.51. The number of nitrogens with one attached hydrogen (secondary N) is 2. The number of carbonyl (C=O) groups excluding carboxylic acids is 2. The second-order valence-corrected chi connectivity index (χ2v) is 8.84. The molecule has 0 aromatic heterocycles. The average Bonchev–Trinajstić information content (AvgIpc) is 3.03. The van der Waals surface area contributed by atoms with Crippen molar-refractivity contribution >= 4 is 17.4 Å². The lowest BCUT2D eigenvalue weighted by Gasteiger charge is -2.29. The fourth-order valence-corrected chi connectivity index (χ4v) is 4.57. The van der Waals surface area contributed by atoms with Gasteiger partial charge >= 0.3 is 0 Å². The van der Waals surface area contributed by atoms with Gasteiger partial charge in [0.1, 0.15) is 11.3 Å². The highest BCUT2D eigenvalue weighted by Gasteiger charge is 2.26. The average molecular weight is 455 g/mol. The summed E-state index contributed by atoms with van der Waals surface area (Å²) in [5.41, 5.74) is 6.73. The highest BCUT2D eigenvalue weighted by Crippen LogP contribution is 2.32. The van der Waals surface area contributed by atoms with Gasteiger partial charge in [-0.05, 0) is 62.9 Å². The predicted molar refractivity (Wildman–Crippen MR) is 125 cm³/mol. The van der Waals surface area contributed by atoms with E-state index in [-0.39, 0.29) is 29.1 Å². The molecule has 0 radical (unpaired) electrons. The molecule has 2 aromatic carbocycles. The van der Waals surface area contributed by atoms with Crippen molar-refractivity contribution in [1.29, 1.82) is 0 Å². The summed E-state index contributed by atoms with van der Waals surface area (Å²) in [6.07, 6.45) is 4.76. The van der Waals surface area contributed by atoms with E-state index < -0.39 is 17.3 Å². The van der Waals surface area contributed by atoms with E-state index >= 15 is 4.39 Å². The van der Waals surface area contributed by atoms with Gasteiger partial charge in [-0.3, -0.25) is 9.59 Å². The number of carbonyl (C=O) groups is 2. The van der Waals surface area contributed by atoms with Gasteiger partial charge in [-0.25, -0.2) is 4.39 Å². The first-order valence-electron chi connectivity index (χ1n) is 11.6. The molecule has 0 saturated carbocycles. The smallest absolute Gasteiger partial charge is 0.251 e. The zero-order chi connectivity index (χ0) is 23.4. The number of anilines is 1. The van der Waals surface area contributed by atoms with Gasteiger partial charge in [0.05, 0.1) is 5.69 Å². The van der Waals surface area contributed by atoms with Crippen LogP contribution in [-0.2, 0) is 0 Å². The third kappa shape index (κ3) is 5.17. The maximum Gasteiger partial charge on any atom is 0.251 e. The number of phenolic OH excluding ortho intramolecular Hbond substituents is 1. The highest BCUT2D eigenvalue weighted by atomic mass is 19.1. The molecule has 176 valence electrons. The van der Waals surface area contributed by atoms with E-state index in [2.05, 4.69) is 10.6 Å². The Morgan fingerprint density at radius 1 is 1.03 bits per heavy atom. The van der Waals surface area contributed by atoms with Crippen LogP contribution in [0.2, 0.25) is 0 Å². The molecule has 2 aliphatic rings. The van der Waals surface area contributed by atoms with Gasteiger partial charge in [0, 0.05) is 42.8 Å². The standard InChI is InChI=1S/C25H31FN4O3/c26-23-20(30-13-2-1-3-14-30)10-11-21(31)22(23)24(32)16-6-8-17(9-7-16)25(33)29-19-5-4-12-28-15-18(19)27/h6-11,18-19,28,31H,1-5,12-15,27H2,(H,29,33)/t18-,19-/m1/s1. The first-order chi connectivity index (χ1) is 16.0. The Labute approximate surface area is 193 Å². The number of ketones is 1. The minimum absolute atomic E-state index is 0.127. The molecule has 1 amide bonds. The molecular formula is C25H31FN4O3. The lowest BCUT2D eigenvalue weighted by atomic mass is 9.98. The molecule has 0 bridgehead atoms. The van der Waals surface area contributed by atoms with Gasteiger partial charge in [0.25, 0.3) is 5.91 Å². The van der Waals surface area contributed by atoms with Crippen molar-refractivity contribution in [2.45, 2.75) is 44.2 Å². The number of rotatable bonds is 5. The van der Waals surface area contributed by atoms with E-state index in [0.29, 0.717) is 17.8 Å². The van der Waals surface area contributed by atoms with E-state index in [9.17, 15) is 14.7 Å². The minimum Gasteiger partial charge on any atom is -0.507 e. The van der Waals surface area contributed by atoms with E-state index in [1.54, 1.807) is 0 Å². The van der Waals surface area contributed by atoms with Crippen LogP contribution < -0.4 is 21.3 Å². The molecule has 2 atom stereocenters. The van der Waals surface area contributed by atoms with Crippen LogP contribution in [0.1, 0.15) is 58.4 Å². The van der Waals surface area contributed by atoms with Crippen LogP contribution in [0.15, 0.2) is 36.4 Å². The summed E-state index contributed by atoms with van der Waals surface area (Å²) in [7, 11) is 0. The van der Waals surface area contributed by atoms with Gasteiger partial charge in [-0.2, -0.15) is 0 Å². The van der Waals surface area contributed by atoms with Crippen molar-refractivity contribution in [3.63, 3.8) is 0 Å². The number of hydrogen-bond donors (Lipinski definition) is 4. The van der Waals surface area contributed by atoms with Gasteiger partial charge < -0.3 is 26.4 Å². The molecule has 7 nitrogen and oxygen atoms in total. The van der Waals surface area contributed by atoms with Crippen molar-refractivity contribution in [1.82, 2.24) is 10.6 Å². The molecule has 5 N–H and O–H groups in total. The Hall–Kier alpha value is -2.97. The van der Waals surface area contributed by atoms with Crippen LogP contribution in [0.4, 0.5) is 10.1 Å². The molecule has 33 heavy (non-hydrogen) atoms. The van der Waals surface area contributed by atoms with E-state index in [1.165, 1.54) is 36.4 Å². The summed E-state index contributed by atoms with van der Waals surface area (Å²) >= 11 is 0. The lowest BCUT2D eigenvalue weighted by Crippen LogP contribution is -2.50. The normalized spacial score (nSPS) is 21.3. The fourth-order valence-electron chi connectivity index (χ4n) is 4.57. The summed E-state index contributed by atoms with van der Waals surface area (Å²) < 4.78 is 15.3. The van der Waals surface area contributed by atoms with Crippen LogP contribution in [-0.4, -0.2) is 55.1 Å². The topological polar surface area (TPSA) is 108 Å². The number of amides is 1. The summed E-state index contributed by atoms with van der Waals surface area (Å²) in [5.74, 6) is -1.99. The Kier molecular flexibility index (Phi) is 7.25. The van der Waals surface area contributed by atoms with Crippen LogP contribution in [0.5, 0.6) is 5.75 Å². The molecule has 2 saturated heterocycles. The van der Waals surface area contributed by atoms with Crippen molar-refractivity contribution in [2.24, 2.45) is 5.73 Å². The highest BCUT2D eigenvalue weighted by molar-refractivity contribution is 6.11. The zero-order valence-corrected chi connectivity index (χ0v) is 18.6. The maximum atomic E-state index is 15.3. The van der Waals surface area contributed by atoms with E-state index in [0.717, 1.165) is 51.7 Å². The molecule has 2 fully saturated rings. The molecule has 4 rings (SSSR count). The number of aromatic hydroxyl groups is 1. The Bertz CT molecular complexity index is 1010. The minimum atomic E-state index is -0.709. The number of hydrogen-bond acceptors (Lipinski definition) is 6. The number of nitrogens with two attached hydrogens (primary N) is 1. The molecular weight excluding hydrogens is 423 g/mol. The number of phenols is 1. The second-order valence-electron chi connectivity index (χ2n) is 8.84. The summed E-state index contributed by atoms with van der Waals surface area (Å²) in [6, 6.07) is 8.63. The summed E-state index contributed by atoms with van der Waals surface area (Å²) in [5, 5.41) is 16.5. The second kappa shape index (κ2) is 10.3. The SMILES string of the molecule is N[C@@H]1CNCCC[C@H]1NC(=O)c1ccc(C(=O)c2c(O)ccc(N3CCCCC3)c2F)cc1. The first kappa shape index (κ1) is 23.2. The molecule has 8 heteroatoms. The zero-order valence-electron chi connectivity index (χ0n) is 18.6. The van der Waals surface area contributed by atoms with Gasteiger partial charge in [-0.1, -0.05) is 12.1 Å². The largest absolute Gasteiger partial charge is 0.507 e. The Morgan fingerprint density at radius 2 is 1.73 bits per heavy atom. The van der Waals surface area contributed by atoms with Crippen molar-refractivity contribution < 1.29 is 19.1 Å². The molecule has 0 spiro atoms. The lowest BCUT2D eigenvalue weighted by molar-refractivity contribution is 0.0928. The van der Waals surface area contributed by atoms with Crippen molar-refractivity contribution in [2.75, 3.05) is 31.1 Å². The van der Waals surface area contributed by atoms with Gasteiger partial charge in [0.15, 0.2) is 11.6 Å². The third-order valence-corrected chi connectivity index (χ3v) is 6.51. The van der Waals surface area contributed by atoms with Crippen LogP contribution >= 0.6 is 0 Å². The number of benzene rings is 2. The summed E-state index contributed by atoms with van der Waals surface area (Å²) in [6.45, 7) is 2.96.